The number of carbonyl (C=O) groups excluding carboxylic acids is 2. The fraction of sp³-hybridized carbons (Fsp3) is 0.294. The predicted molar refractivity (Wildman–Crippen MR) is 89.4 cm³/mol. The lowest BCUT2D eigenvalue weighted by Gasteiger charge is -2.18. The minimum Gasteiger partial charge on any atom is -0.467 e. The third-order valence-corrected chi connectivity index (χ3v) is 3.97. The van der Waals surface area contributed by atoms with Crippen molar-refractivity contribution in [2.24, 2.45) is 0 Å². The Morgan fingerprint density at radius 3 is 2.58 bits per heavy atom. The monoisotopic (exact) mass is 359 g/mol. The molecule has 1 atom stereocenters. The van der Waals surface area contributed by atoms with Gasteiger partial charge in [0, 0.05) is 0 Å². The van der Waals surface area contributed by atoms with Crippen molar-refractivity contribution in [2.45, 2.75) is 25.7 Å². The standard InChI is InChI=1S/C17H17N3O6/c1-25-15(22)13-8-5-9-19-16(23)18(17(24)20(13)19)10-14(21)26-11-12-6-3-2-4-7-12/h2-8,13H,9-11H2,1H3. The van der Waals surface area contributed by atoms with Crippen LogP contribution < -0.4 is 11.4 Å². The molecular formula is C17H17N3O6. The van der Waals surface area contributed by atoms with E-state index in [0.29, 0.717) is 0 Å². The summed E-state index contributed by atoms with van der Waals surface area (Å²) in [6.45, 7) is -0.380. The van der Waals surface area contributed by atoms with E-state index in [0.717, 1.165) is 19.5 Å². The lowest BCUT2D eigenvalue weighted by molar-refractivity contribution is -0.146. The average Bonchev–Trinajstić information content (AvgIpc) is 2.91. The lowest BCUT2D eigenvalue weighted by atomic mass is 10.2. The Bertz CT molecular complexity index is 967. The average molecular weight is 359 g/mol. The van der Waals surface area contributed by atoms with Crippen LogP contribution in [-0.2, 0) is 38.8 Å². The maximum atomic E-state index is 12.5. The molecule has 0 saturated heterocycles. The highest BCUT2D eigenvalue weighted by Gasteiger charge is 2.29. The smallest absolute Gasteiger partial charge is 0.348 e. The zero-order valence-corrected chi connectivity index (χ0v) is 14.0. The highest BCUT2D eigenvalue weighted by Crippen LogP contribution is 2.11. The van der Waals surface area contributed by atoms with Gasteiger partial charge in [0.2, 0.25) is 0 Å². The maximum Gasteiger partial charge on any atom is 0.348 e. The number of fused-ring (bicyclic) bond motifs is 1. The molecule has 0 spiro atoms. The number of ether oxygens (including phenoxy) is 2. The van der Waals surface area contributed by atoms with E-state index in [1.807, 2.05) is 18.2 Å². The molecule has 26 heavy (non-hydrogen) atoms. The highest BCUT2D eigenvalue weighted by molar-refractivity contribution is 5.76. The van der Waals surface area contributed by atoms with Crippen molar-refractivity contribution in [3.05, 3.63) is 69.0 Å². The number of hydrogen-bond donors (Lipinski definition) is 0. The van der Waals surface area contributed by atoms with Crippen molar-refractivity contribution >= 4 is 11.9 Å². The van der Waals surface area contributed by atoms with Gasteiger partial charge >= 0.3 is 23.3 Å². The van der Waals surface area contributed by atoms with Gasteiger partial charge in [-0.3, -0.25) is 4.79 Å². The van der Waals surface area contributed by atoms with E-state index in [2.05, 4.69) is 4.74 Å². The first-order valence-electron chi connectivity index (χ1n) is 7.89. The van der Waals surface area contributed by atoms with Gasteiger partial charge in [-0.2, -0.15) is 0 Å². The van der Waals surface area contributed by atoms with E-state index in [4.69, 9.17) is 4.74 Å². The van der Waals surface area contributed by atoms with Crippen LogP contribution in [0.4, 0.5) is 0 Å². The van der Waals surface area contributed by atoms with Crippen LogP contribution in [0.1, 0.15) is 11.6 Å². The minimum atomic E-state index is -1.05. The SMILES string of the molecule is COC(=O)C1C=CCn2c(=O)n(CC(=O)OCc3ccccc3)c(=O)n21. The second kappa shape index (κ2) is 7.26. The van der Waals surface area contributed by atoms with Crippen molar-refractivity contribution in [1.29, 1.82) is 0 Å². The van der Waals surface area contributed by atoms with Crippen LogP contribution in [0.2, 0.25) is 0 Å². The summed E-state index contributed by atoms with van der Waals surface area (Å²) < 4.78 is 12.6. The molecule has 1 aromatic heterocycles. The summed E-state index contributed by atoms with van der Waals surface area (Å²) in [5.41, 5.74) is -0.674. The number of allylic oxidation sites excluding steroid dienone is 1. The van der Waals surface area contributed by atoms with Gasteiger partial charge < -0.3 is 9.47 Å². The Morgan fingerprint density at radius 1 is 1.15 bits per heavy atom. The summed E-state index contributed by atoms with van der Waals surface area (Å²) in [5.74, 6) is -1.40. The maximum absolute atomic E-state index is 12.5. The molecule has 0 bridgehead atoms. The summed E-state index contributed by atoms with van der Waals surface area (Å²) in [5, 5.41) is 0. The Hall–Kier alpha value is -3.36. The van der Waals surface area contributed by atoms with Gasteiger partial charge in [0.15, 0.2) is 6.04 Å². The number of rotatable bonds is 5. The summed E-state index contributed by atoms with van der Waals surface area (Å²) in [7, 11) is 1.19. The van der Waals surface area contributed by atoms with Crippen LogP contribution in [0.25, 0.3) is 0 Å². The quantitative estimate of drug-likeness (QED) is 0.543. The number of hydrogen-bond acceptors (Lipinski definition) is 6. The first-order chi connectivity index (χ1) is 12.5. The summed E-state index contributed by atoms with van der Waals surface area (Å²) in [4.78, 5) is 48.8. The molecular weight excluding hydrogens is 342 g/mol. The van der Waals surface area contributed by atoms with Gasteiger partial charge in [0.05, 0.1) is 13.7 Å². The van der Waals surface area contributed by atoms with Crippen molar-refractivity contribution in [3.63, 3.8) is 0 Å². The van der Waals surface area contributed by atoms with E-state index in [9.17, 15) is 19.2 Å². The van der Waals surface area contributed by atoms with Gasteiger partial charge in [-0.25, -0.2) is 28.3 Å². The van der Waals surface area contributed by atoms with E-state index in [-0.39, 0.29) is 13.2 Å². The molecule has 0 aliphatic carbocycles. The summed E-state index contributed by atoms with van der Waals surface area (Å²) in [6.07, 6.45) is 3.06. The van der Waals surface area contributed by atoms with E-state index in [1.165, 1.54) is 13.2 Å². The molecule has 136 valence electrons. The summed E-state index contributed by atoms with van der Waals surface area (Å²) >= 11 is 0. The molecule has 1 aliphatic heterocycles. The predicted octanol–water partition coefficient (Wildman–Crippen LogP) is -0.161. The first-order valence-corrected chi connectivity index (χ1v) is 7.89. The largest absolute Gasteiger partial charge is 0.467 e. The van der Waals surface area contributed by atoms with Crippen molar-refractivity contribution < 1.29 is 19.1 Å². The number of esters is 2. The molecule has 9 nitrogen and oxygen atoms in total. The molecule has 0 amide bonds. The molecule has 1 unspecified atom stereocenters. The van der Waals surface area contributed by atoms with Crippen LogP contribution in [0.5, 0.6) is 0 Å². The fourth-order valence-corrected chi connectivity index (χ4v) is 2.69. The van der Waals surface area contributed by atoms with Gasteiger partial charge in [-0.1, -0.05) is 42.5 Å². The van der Waals surface area contributed by atoms with Crippen LogP contribution in [0, 0.1) is 0 Å². The molecule has 0 radical (unpaired) electrons. The fourth-order valence-electron chi connectivity index (χ4n) is 2.69. The van der Waals surface area contributed by atoms with Crippen LogP contribution in [-0.4, -0.2) is 33.0 Å². The molecule has 0 fully saturated rings. The third-order valence-electron chi connectivity index (χ3n) is 3.97. The Morgan fingerprint density at radius 2 is 1.88 bits per heavy atom. The molecule has 3 rings (SSSR count). The Balaban J connectivity index is 1.80. The number of benzene rings is 1. The number of carbonyl (C=O) groups is 2. The second-order valence-electron chi connectivity index (χ2n) is 5.62. The van der Waals surface area contributed by atoms with E-state index < -0.39 is 35.9 Å². The molecule has 9 heteroatoms. The van der Waals surface area contributed by atoms with Gasteiger partial charge in [-0.05, 0) is 5.56 Å². The summed E-state index contributed by atoms with van der Waals surface area (Å²) in [6, 6.07) is 7.99. The first kappa shape index (κ1) is 17.5. The van der Waals surface area contributed by atoms with Gasteiger partial charge in [0.1, 0.15) is 13.2 Å². The zero-order chi connectivity index (χ0) is 18.7. The Labute approximate surface area is 147 Å². The number of aromatic nitrogens is 3. The van der Waals surface area contributed by atoms with Crippen molar-refractivity contribution in [2.75, 3.05) is 7.11 Å². The molecule has 0 N–H and O–H groups in total. The van der Waals surface area contributed by atoms with Gasteiger partial charge in [0.25, 0.3) is 0 Å². The topological polar surface area (TPSA) is 102 Å². The van der Waals surface area contributed by atoms with Crippen molar-refractivity contribution in [3.8, 4) is 0 Å². The molecule has 0 saturated carbocycles. The number of methoxy groups -OCH3 is 1. The molecule has 2 aromatic rings. The minimum absolute atomic E-state index is 0.0374. The second-order valence-corrected chi connectivity index (χ2v) is 5.62. The zero-order valence-electron chi connectivity index (χ0n) is 14.0. The van der Waals surface area contributed by atoms with Crippen molar-refractivity contribution in [1.82, 2.24) is 13.9 Å². The third kappa shape index (κ3) is 3.23. The molecule has 1 aliphatic rings. The number of nitrogens with zero attached hydrogens (tertiary/aromatic N) is 3. The van der Waals surface area contributed by atoms with Gasteiger partial charge in [-0.15, -0.1) is 0 Å². The van der Waals surface area contributed by atoms with Crippen LogP contribution in [0.3, 0.4) is 0 Å². The molecule has 1 aromatic carbocycles. The normalized spacial score (nSPS) is 15.3. The molecule has 2 heterocycles. The van der Waals surface area contributed by atoms with Crippen LogP contribution >= 0.6 is 0 Å². The van der Waals surface area contributed by atoms with E-state index >= 15 is 0 Å². The van der Waals surface area contributed by atoms with E-state index in [1.54, 1.807) is 18.2 Å². The lowest BCUT2D eigenvalue weighted by Crippen LogP contribution is -2.36. The highest BCUT2D eigenvalue weighted by atomic mass is 16.5. The van der Waals surface area contributed by atoms with Crippen LogP contribution in [0.15, 0.2) is 52.1 Å². The Kier molecular flexibility index (Phi) is 4.87.